The maximum atomic E-state index is 12.0. The normalized spacial score (nSPS) is 35.9. The summed E-state index contributed by atoms with van der Waals surface area (Å²) < 4.78 is 0. The fraction of sp³-hybridized carbons (Fsp3) is 0.933. The van der Waals surface area contributed by atoms with Crippen molar-refractivity contribution in [2.75, 3.05) is 13.1 Å². The van der Waals surface area contributed by atoms with Gasteiger partial charge < -0.3 is 15.7 Å². The average molecular weight is 268 g/mol. The molecule has 0 aromatic heterocycles. The van der Waals surface area contributed by atoms with Gasteiger partial charge in [-0.3, -0.25) is 4.79 Å². The molecular formula is C15H28N2O2. The number of aliphatic hydroxyl groups is 1. The first-order valence-corrected chi connectivity index (χ1v) is 7.86. The Morgan fingerprint density at radius 2 is 2.05 bits per heavy atom. The van der Waals surface area contributed by atoms with Crippen LogP contribution in [0.25, 0.3) is 0 Å². The van der Waals surface area contributed by atoms with Gasteiger partial charge in [0.05, 0.1) is 11.6 Å². The molecule has 1 aliphatic carbocycles. The highest BCUT2D eigenvalue weighted by Crippen LogP contribution is 2.33. The molecule has 0 aromatic carbocycles. The molecule has 0 spiro atoms. The van der Waals surface area contributed by atoms with Gasteiger partial charge in [0.25, 0.3) is 0 Å². The van der Waals surface area contributed by atoms with E-state index in [4.69, 9.17) is 0 Å². The minimum absolute atomic E-state index is 0.0515. The number of piperidine rings is 1. The van der Waals surface area contributed by atoms with E-state index in [2.05, 4.69) is 17.6 Å². The van der Waals surface area contributed by atoms with Crippen molar-refractivity contribution in [3.8, 4) is 0 Å². The zero-order chi connectivity index (χ0) is 13.7. The van der Waals surface area contributed by atoms with Gasteiger partial charge in [-0.15, -0.1) is 0 Å². The van der Waals surface area contributed by atoms with Crippen LogP contribution in [0, 0.1) is 5.92 Å². The standard InChI is InChI=1S/C15H28N2O2/c1-2-12-6-8-15(19,9-7-12)11-17-14(18)13-5-3-4-10-16-13/h12-13,16,19H,2-11H2,1H3,(H,17,18)/t12?,13-,15?/m0/s1. The van der Waals surface area contributed by atoms with E-state index >= 15 is 0 Å². The monoisotopic (exact) mass is 268 g/mol. The lowest BCUT2D eigenvalue weighted by Gasteiger charge is -2.36. The number of carbonyl (C=O) groups is 1. The lowest BCUT2D eigenvalue weighted by molar-refractivity contribution is -0.125. The molecule has 2 fully saturated rings. The van der Waals surface area contributed by atoms with Crippen LogP contribution < -0.4 is 10.6 Å². The molecule has 2 rings (SSSR count). The summed E-state index contributed by atoms with van der Waals surface area (Å²) in [5.74, 6) is 0.821. The predicted molar refractivity (Wildman–Crippen MR) is 75.9 cm³/mol. The first-order chi connectivity index (χ1) is 9.13. The highest BCUT2D eigenvalue weighted by atomic mass is 16.3. The van der Waals surface area contributed by atoms with Gasteiger partial charge in [-0.25, -0.2) is 0 Å². The maximum Gasteiger partial charge on any atom is 0.237 e. The third-order valence-electron chi connectivity index (χ3n) is 4.83. The summed E-state index contributed by atoms with van der Waals surface area (Å²) in [6.07, 6.45) is 8.22. The Labute approximate surface area is 116 Å². The number of rotatable bonds is 4. The maximum absolute atomic E-state index is 12.0. The van der Waals surface area contributed by atoms with Crippen LogP contribution in [0.4, 0.5) is 0 Å². The van der Waals surface area contributed by atoms with Gasteiger partial charge in [-0.1, -0.05) is 19.8 Å². The molecule has 1 amide bonds. The second-order valence-electron chi connectivity index (χ2n) is 6.30. The van der Waals surface area contributed by atoms with Crippen molar-refractivity contribution in [2.45, 2.75) is 69.9 Å². The molecule has 3 N–H and O–H groups in total. The smallest absolute Gasteiger partial charge is 0.237 e. The minimum atomic E-state index is -0.671. The zero-order valence-corrected chi connectivity index (χ0v) is 12.1. The molecule has 19 heavy (non-hydrogen) atoms. The molecule has 4 heteroatoms. The summed E-state index contributed by atoms with van der Waals surface area (Å²) in [5, 5.41) is 16.7. The lowest BCUT2D eigenvalue weighted by atomic mass is 9.78. The average Bonchev–Trinajstić information content (AvgIpc) is 2.47. The van der Waals surface area contributed by atoms with E-state index < -0.39 is 5.60 Å². The Morgan fingerprint density at radius 3 is 2.63 bits per heavy atom. The lowest BCUT2D eigenvalue weighted by Crippen LogP contribution is -2.51. The van der Waals surface area contributed by atoms with Crippen molar-refractivity contribution in [1.82, 2.24) is 10.6 Å². The fourth-order valence-corrected chi connectivity index (χ4v) is 3.25. The summed E-state index contributed by atoms with van der Waals surface area (Å²) in [6.45, 7) is 3.56. The Balaban J connectivity index is 1.73. The SMILES string of the molecule is CCC1CCC(O)(CNC(=O)[C@@H]2CCCCN2)CC1. The third-order valence-corrected chi connectivity index (χ3v) is 4.83. The molecular weight excluding hydrogens is 240 g/mol. The van der Waals surface area contributed by atoms with E-state index in [-0.39, 0.29) is 11.9 Å². The van der Waals surface area contributed by atoms with Gasteiger partial charge >= 0.3 is 0 Å². The number of hydrogen-bond acceptors (Lipinski definition) is 3. The Kier molecular flexibility index (Phi) is 5.22. The molecule has 0 radical (unpaired) electrons. The highest BCUT2D eigenvalue weighted by molar-refractivity contribution is 5.81. The van der Waals surface area contributed by atoms with Crippen LogP contribution in [0.5, 0.6) is 0 Å². The number of hydrogen-bond donors (Lipinski definition) is 3. The van der Waals surface area contributed by atoms with Crippen LogP contribution in [0.2, 0.25) is 0 Å². The first-order valence-electron chi connectivity index (χ1n) is 7.86. The summed E-state index contributed by atoms with van der Waals surface area (Å²) in [4.78, 5) is 12.0. The van der Waals surface area contributed by atoms with Crippen molar-refractivity contribution in [2.24, 2.45) is 5.92 Å². The molecule has 110 valence electrons. The van der Waals surface area contributed by atoms with E-state index in [1.807, 2.05) is 0 Å². The van der Waals surface area contributed by atoms with E-state index in [0.717, 1.165) is 57.4 Å². The van der Waals surface area contributed by atoms with E-state index in [0.29, 0.717) is 6.54 Å². The summed E-state index contributed by atoms with van der Waals surface area (Å²) in [6, 6.07) is -0.0515. The van der Waals surface area contributed by atoms with Crippen molar-refractivity contribution in [1.29, 1.82) is 0 Å². The molecule has 0 unspecified atom stereocenters. The van der Waals surface area contributed by atoms with Gasteiger partial charge in [0.2, 0.25) is 5.91 Å². The van der Waals surface area contributed by atoms with Gasteiger partial charge in [0.15, 0.2) is 0 Å². The number of nitrogens with one attached hydrogen (secondary N) is 2. The fourth-order valence-electron chi connectivity index (χ4n) is 3.25. The molecule has 1 aliphatic heterocycles. The molecule has 1 heterocycles. The van der Waals surface area contributed by atoms with Crippen LogP contribution in [0.15, 0.2) is 0 Å². The van der Waals surface area contributed by atoms with Crippen LogP contribution >= 0.6 is 0 Å². The van der Waals surface area contributed by atoms with Gasteiger partial charge in [-0.2, -0.15) is 0 Å². The van der Waals surface area contributed by atoms with E-state index in [1.165, 1.54) is 6.42 Å². The Bertz CT molecular complexity index is 293. The largest absolute Gasteiger partial charge is 0.388 e. The summed E-state index contributed by atoms with van der Waals surface area (Å²) in [5.41, 5.74) is -0.671. The van der Waals surface area contributed by atoms with Crippen molar-refractivity contribution in [3.05, 3.63) is 0 Å². The summed E-state index contributed by atoms with van der Waals surface area (Å²) >= 11 is 0. The van der Waals surface area contributed by atoms with Crippen LogP contribution in [0.1, 0.15) is 58.3 Å². The van der Waals surface area contributed by atoms with Crippen LogP contribution in [-0.4, -0.2) is 35.7 Å². The van der Waals surface area contributed by atoms with Gasteiger partial charge in [0.1, 0.15) is 0 Å². The Hall–Kier alpha value is -0.610. The first kappa shape index (κ1) is 14.8. The highest BCUT2D eigenvalue weighted by Gasteiger charge is 2.33. The zero-order valence-electron chi connectivity index (χ0n) is 12.1. The molecule has 0 bridgehead atoms. The van der Waals surface area contributed by atoms with Crippen molar-refractivity contribution < 1.29 is 9.90 Å². The second kappa shape index (κ2) is 6.71. The molecule has 0 aromatic rings. The van der Waals surface area contributed by atoms with Crippen molar-refractivity contribution in [3.63, 3.8) is 0 Å². The van der Waals surface area contributed by atoms with E-state index in [1.54, 1.807) is 0 Å². The second-order valence-corrected chi connectivity index (χ2v) is 6.30. The van der Waals surface area contributed by atoms with Crippen molar-refractivity contribution >= 4 is 5.91 Å². The summed E-state index contributed by atoms with van der Waals surface area (Å²) in [7, 11) is 0. The van der Waals surface area contributed by atoms with E-state index in [9.17, 15) is 9.90 Å². The van der Waals surface area contributed by atoms with Crippen LogP contribution in [-0.2, 0) is 4.79 Å². The molecule has 2 aliphatic rings. The minimum Gasteiger partial charge on any atom is -0.388 e. The topological polar surface area (TPSA) is 61.4 Å². The predicted octanol–water partition coefficient (Wildman–Crippen LogP) is 1.58. The van der Waals surface area contributed by atoms with Gasteiger partial charge in [0, 0.05) is 6.54 Å². The quantitative estimate of drug-likeness (QED) is 0.725. The number of amides is 1. The molecule has 1 atom stereocenters. The number of carbonyl (C=O) groups excluding carboxylic acids is 1. The third kappa shape index (κ3) is 4.18. The van der Waals surface area contributed by atoms with Crippen LogP contribution in [0.3, 0.4) is 0 Å². The molecule has 1 saturated carbocycles. The molecule has 4 nitrogen and oxygen atoms in total. The van der Waals surface area contributed by atoms with Gasteiger partial charge in [-0.05, 0) is 51.0 Å². The Morgan fingerprint density at radius 1 is 1.32 bits per heavy atom. The molecule has 1 saturated heterocycles.